The van der Waals surface area contributed by atoms with Gasteiger partial charge >= 0.3 is 0 Å². The van der Waals surface area contributed by atoms with Gasteiger partial charge in [0.05, 0.1) is 5.69 Å². The van der Waals surface area contributed by atoms with Crippen LogP contribution in [0.15, 0.2) is 18.3 Å². The molecule has 1 aromatic rings. The van der Waals surface area contributed by atoms with Crippen molar-refractivity contribution in [2.75, 3.05) is 18.0 Å². The van der Waals surface area contributed by atoms with E-state index in [0.717, 1.165) is 24.7 Å². The normalized spacial score (nSPS) is 15.2. The van der Waals surface area contributed by atoms with Gasteiger partial charge in [0.1, 0.15) is 6.07 Å². The number of nitrogens with zero attached hydrogens (tertiary/aromatic N) is 3. The Morgan fingerprint density at radius 3 is 2.94 bits per heavy atom. The molecule has 0 atom stereocenters. The van der Waals surface area contributed by atoms with Crippen LogP contribution < -0.4 is 4.90 Å². The summed E-state index contributed by atoms with van der Waals surface area (Å²) < 4.78 is 0. The highest BCUT2D eigenvalue weighted by molar-refractivity contribution is 5.55. The Bertz CT molecular complexity index is 390. The van der Waals surface area contributed by atoms with Gasteiger partial charge in [-0.15, -0.1) is 0 Å². The third-order valence-corrected chi connectivity index (χ3v) is 3.32. The molecule has 2 rings (SSSR count). The molecular weight excluding hydrogens is 198 g/mol. The van der Waals surface area contributed by atoms with Gasteiger partial charge in [-0.3, -0.25) is 0 Å². The zero-order valence-corrected chi connectivity index (χ0v) is 9.69. The smallest absolute Gasteiger partial charge is 0.163 e. The fourth-order valence-electron chi connectivity index (χ4n) is 2.12. The summed E-state index contributed by atoms with van der Waals surface area (Å²) in [6, 6.07) is 6.06. The van der Waals surface area contributed by atoms with E-state index in [2.05, 4.69) is 22.9 Å². The Labute approximate surface area is 96.7 Å². The lowest BCUT2D eigenvalue weighted by Gasteiger charge is -2.33. The average molecular weight is 215 g/mol. The predicted octanol–water partition coefficient (Wildman–Crippen LogP) is 2.58. The van der Waals surface area contributed by atoms with Crippen LogP contribution in [0.2, 0.25) is 0 Å². The maximum absolute atomic E-state index is 9.03. The molecule has 3 nitrogen and oxygen atoms in total. The molecule has 1 fully saturated rings. The minimum Gasteiger partial charge on any atom is -0.369 e. The second kappa shape index (κ2) is 4.98. The lowest BCUT2D eigenvalue weighted by atomic mass is 9.85. The second-order valence-corrected chi connectivity index (χ2v) is 4.32. The summed E-state index contributed by atoms with van der Waals surface area (Å²) in [7, 11) is 0. The van der Waals surface area contributed by atoms with E-state index in [0.29, 0.717) is 5.69 Å². The van der Waals surface area contributed by atoms with Crippen molar-refractivity contribution in [2.24, 2.45) is 5.92 Å². The van der Waals surface area contributed by atoms with Gasteiger partial charge < -0.3 is 4.90 Å². The van der Waals surface area contributed by atoms with Crippen molar-refractivity contribution >= 4 is 5.69 Å². The molecule has 0 bridgehead atoms. The molecule has 1 heterocycles. The monoisotopic (exact) mass is 215 g/mol. The quantitative estimate of drug-likeness (QED) is 0.775. The Kier molecular flexibility index (Phi) is 3.40. The topological polar surface area (TPSA) is 39.9 Å². The molecule has 0 saturated heterocycles. The van der Waals surface area contributed by atoms with Crippen molar-refractivity contribution < 1.29 is 0 Å². The first-order valence-corrected chi connectivity index (χ1v) is 5.95. The molecule has 1 aliphatic carbocycles. The number of hydrogen-bond acceptors (Lipinski definition) is 3. The van der Waals surface area contributed by atoms with E-state index in [1.165, 1.54) is 19.3 Å². The first kappa shape index (κ1) is 10.9. The maximum atomic E-state index is 9.03. The van der Waals surface area contributed by atoms with E-state index in [9.17, 15) is 0 Å². The first-order chi connectivity index (χ1) is 7.85. The summed E-state index contributed by atoms with van der Waals surface area (Å²) in [5, 5.41) is 9.03. The molecule has 1 saturated carbocycles. The highest BCUT2D eigenvalue weighted by Gasteiger charge is 2.21. The van der Waals surface area contributed by atoms with E-state index in [1.807, 2.05) is 12.1 Å². The van der Waals surface area contributed by atoms with Crippen LogP contribution in [-0.2, 0) is 0 Å². The zero-order valence-electron chi connectivity index (χ0n) is 9.69. The Hall–Kier alpha value is -1.56. The fraction of sp³-hybridized carbons (Fsp3) is 0.538. The Balaban J connectivity index is 2.15. The molecule has 1 aliphatic rings. The van der Waals surface area contributed by atoms with Crippen LogP contribution in [0.3, 0.4) is 0 Å². The summed E-state index contributed by atoms with van der Waals surface area (Å²) in [4.78, 5) is 6.39. The SMILES string of the molecule is CCN(CC1CCC1)c1cccnc1C#N. The molecule has 16 heavy (non-hydrogen) atoms. The van der Waals surface area contributed by atoms with Crippen molar-refractivity contribution in [1.82, 2.24) is 4.98 Å². The van der Waals surface area contributed by atoms with Crippen molar-refractivity contribution in [3.63, 3.8) is 0 Å². The van der Waals surface area contributed by atoms with Crippen LogP contribution in [-0.4, -0.2) is 18.1 Å². The van der Waals surface area contributed by atoms with Gasteiger partial charge in [-0.05, 0) is 37.8 Å². The second-order valence-electron chi connectivity index (χ2n) is 4.32. The summed E-state index contributed by atoms with van der Waals surface area (Å²) in [6.07, 6.45) is 5.71. The van der Waals surface area contributed by atoms with E-state index >= 15 is 0 Å². The number of anilines is 1. The van der Waals surface area contributed by atoms with Gasteiger partial charge in [0, 0.05) is 19.3 Å². The largest absolute Gasteiger partial charge is 0.369 e. The molecule has 0 unspecified atom stereocenters. The van der Waals surface area contributed by atoms with Gasteiger partial charge in [-0.25, -0.2) is 4.98 Å². The Morgan fingerprint density at radius 2 is 2.38 bits per heavy atom. The van der Waals surface area contributed by atoms with Gasteiger partial charge in [0.2, 0.25) is 0 Å². The van der Waals surface area contributed by atoms with Crippen molar-refractivity contribution in [1.29, 1.82) is 5.26 Å². The molecular formula is C13H17N3. The standard InChI is InChI=1S/C13H17N3/c1-2-16(10-11-5-3-6-11)13-7-4-8-15-12(13)9-14/h4,7-8,11H,2-3,5-6,10H2,1H3. The highest BCUT2D eigenvalue weighted by Crippen LogP contribution is 2.29. The van der Waals surface area contributed by atoms with Crippen molar-refractivity contribution in [2.45, 2.75) is 26.2 Å². The average Bonchev–Trinajstić information content (AvgIpc) is 2.28. The van der Waals surface area contributed by atoms with E-state index in [1.54, 1.807) is 6.20 Å². The van der Waals surface area contributed by atoms with Gasteiger partial charge in [0.15, 0.2) is 5.69 Å². The fourth-order valence-corrected chi connectivity index (χ4v) is 2.12. The van der Waals surface area contributed by atoms with Crippen LogP contribution in [0, 0.1) is 17.2 Å². The van der Waals surface area contributed by atoms with Gasteiger partial charge in [-0.1, -0.05) is 6.42 Å². The lowest BCUT2D eigenvalue weighted by Crippen LogP contribution is -2.33. The van der Waals surface area contributed by atoms with Gasteiger partial charge in [0.25, 0.3) is 0 Å². The van der Waals surface area contributed by atoms with Crippen LogP contribution in [0.25, 0.3) is 0 Å². The van der Waals surface area contributed by atoms with Crippen LogP contribution in [0.1, 0.15) is 31.9 Å². The number of aromatic nitrogens is 1. The molecule has 0 aliphatic heterocycles. The summed E-state index contributed by atoms with van der Waals surface area (Å²) in [6.45, 7) is 4.14. The van der Waals surface area contributed by atoms with Crippen LogP contribution in [0.5, 0.6) is 0 Å². The molecule has 0 amide bonds. The van der Waals surface area contributed by atoms with E-state index < -0.39 is 0 Å². The molecule has 0 radical (unpaired) electrons. The van der Waals surface area contributed by atoms with Crippen LogP contribution in [0.4, 0.5) is 5.69 Å². The van der Waals surface area contributed by atoms with E-state index in [-0.39, 0.29) is 0 Å². The highest BCUT2D eigenvalue weighted by atomic mass is 15.1. The number of pyridine rings is 1. The van der Waals surface area contributed by atoms with Crippen LogP contribution >= 0.6 is 0 Å². The third-order valence-electron chi connectivity index (χ3n) is 3.32. The lowest BCUT2D eigenvalue weighted by molar-refractivity contribution is 0.318. The molecule has 0 aromatic carbocycles. The predicted molar refractivity (Wildman–Crippen MR) is 64.2 cm³/mol. The molecule has 84 valence electrons. The molecule has 0 N–H and O–H groups in total. The summed E-state index contributed by atoms with van der Waals surface area (Å²) in [5.74, 6) is 0.812. The van der Waals surface area contributed by atoms with Gasteiger partial charge in [-0.2, -0.15) is 5.26 Å². The number of nitriles is 1. The first-order valence-electron chi connectivity index (χ1n) is 5.95. The van der Waals surface area contributed by atoms with Crippen molar-refractivity contribution in [3.05, 3.63) is 24.0 Å². The molecule has 3 heteroatoms. The Morgan fingerprint density at radius 1 is 1.56 bits per heavy atom. The zero-order chi connectivity index (χ0) is 11.4. The molecule has 1 aromatic heterocycles. The maximum Gasteiger partial charge on any atom is 0.163 e. The van der Waals surface area contributed by atoms with E-state index in [4.69, 9.17) is 5.26 Å². The minimum absolute atomic E-state index is 0.545. The summed E-state index contributed by atoms with van der Waals surface area (Å²) >= 11 is 0. The minimum atomic E-state index is 0.545. The number of hydrogen-bond donors (Lipinski definition) is 0. The van der Waals surface area contributed by atoms with Crippen molar-refractivity contribution in [3.8, 4) is 6.07 Å². The number of rotatable bonds is 4. The molecule has 0 spiro atoms. The third kappa shape index (κ3) is 2.16. The summed E-state index contributed by atoms with van der Waals surface area (Å²) in [5.41, 5.74) is 1.53.